The maximum absolute atomic E-state index is 11.7. The van der Waals surface area contributed by atoms with Crippen molar-refractivity contribution in [1.82, 2.24) is 19.6 Å². The highest BCUT2D eigenvalue weighted by atomic mass is 16.1. The van der Waals surface area contributed by atoms with Gasteiger partial charge in [-0.2, -0.15) is 10.2 Å². The number of hydrogen-bond acceptors (Lipinski definition) is 3. The van der Waals surface area contributed by atoms with E-state index in [4.69, 9.17) is 0 Å². The maximum Gasteiger partial charge on any atom is 0.248 e. The smallest absolute Gasteiger partial charge is 0.248 e. The fraction of sp³-hybridized carbons (Fsp3) is 0.250. The average molecular weight is 245 g/mol. The van der Waals surface area contributed by atoms with Crippen LogP contribution in [-0.2, 0) is 18.9 Å². The van der Waals surface area contributed by atoms with E-state index in [2.05, 4.69) is 15.5 Å². The number of carbonyl (C=O) groups is 1. The number of aromatic nitrogens is 4. The van der Waals surface area contributed by atoms with Crippen LogP contribution >= 0.6 is 0 Å². The molecule has 0 atom stereocenters. The van der Waals surface area contributed by atoms with Crippen LogP contribution in [0.3, 0.4) is 0 Å². The molecule has 0 aliphatic rings. The van der Waals surface area contributed by atoms with Crippen LogP contribution in [0, 0.1) is 6.92 Å². The van der Waals surface area contributed by atoms with Crippen molar-refractivity contribution in [2.45, 2.75) is 6.92 Å². The summed E-state index contributed by atoms with van der Waals surface area (Å²) in [5.41, 5.74) is 2.52. The summed E-state index contributed by atoms with van der Waals surface area (Å²) in [7, 11) is 3.66. The normalized spacial score (nSPS) is 11.1. The van der Waals surface area contributed by atoms with Crippen molar-refractivity contribution in [3.8, 4) is 0 Å². The van der Waals surface area contributed by atoms with Crippen LogP contribution in [0.2, 0.25) is 0 Å². The summed E-state index contributed by atoms with van der Waals surface area (Å²) in [6.07, 6.45) is 8.35. The van der Waals surface area contributed by atoms with Gasteiger partial charge >= 0.3 is 0 Å². The lowest BCUT2D eigenvalue weighted by molar-refractivity contribution is -0.111. The third kappa shape index (κ3) is 2.65. The van der Waals surface area contributed by atoms with Crippen LogP contribution in [0.5, 0.6) is 0 Å². The lowest BCUT2D eigenvalue weighted by atomic mass is 10.3. The van der Waals surface area contributed by atoms with E-state index in [9.17, 15) is 4.79 Å². The SMILES string of the molecule is Cc1c(NC(=O)/C=C/c2cnn(C)c2)cnn1C. The Morgan fingerprint density at radius 2 is 2.11 bits per heavy atom. The zero-order valence-corrected chi connectivity index (χ0v) is 10.6. The van der Waals surface area contributed by atoms with E-state index >= 15 is 0 Å². The second-order valence-electron chi connectivity index (χ2n) is 4.04. The molecule has 0 saturated heterocycles. The summed E-state index contributed by atoms with van der Waals surface area (Å²) in [6, 6.07) is 0. The molecule has 1 N–H and O–H groups in total. The third-order valence-corrected chi connectivity index (χ3v) is 2.65. The van der Waals surface area contributed by atoms with Crippen LogP contribution in [-0.4, -0.2) is 25.5 Å². The molecule has 0 saturated carbocycles. The minimum atomic E-state index is -0.185. The quantitative estimate of drug-likeness (QED) is 0.824. The van der Waals surface area contributed by atoms with Gasteiger partial charge in [-0.3, -0.25) is 14.2 Å². The van der Waals surface area contributed by atoms with Crippen molar-refractivity contribution in [2.75, 3.05) is 5.32 Å². The fourth-order valence-corrected chi connectivity index (χ4v) is 1.49. The molecular formula is C12H15N5O. The van der Waals surface area contributed by atoms with Gasteiger partial charge in [0.25, 0.3) is 0 Å². The van der Waals surface area contributed by atoms with Crippen molar-refractivity contribution in [2.24, 2.45) is 14.1 Å². The molecule has 0 aliphatic carbocycles. The van der Waals surface area contributed by atoms with Crippen LogP contribution in [0.4, 0.5) is 5.69 Å². The van der Waals surface area contributed by atoms with E-state index in [0.29, 0.717) is 0 Å². The van der Waals surface area contributed by atoms with Gasteiger partial charge in [0, 0.05) is 31.9 Å². The molecule has 0 radical (unpaired) electrons. The highest BCUT2D eigenvalue weighted by Crippen LogP contribution is 2.12. The second kappa shape index (κ2) is 4.87. The first-order valence-electron chi connectivity index (χ1n) is 5.52. The first kappa shape index (κ1) is 12.1. The number of nitrogens with one attached hydrogen (secondary N) is 1. The van der Waals surface area contributed by atoms with Crippen molar-refractivity contribution in [1.29, 1.82) is 0 Å². The van der Waals surface area contributed by atoms with Crippen LogP contribution < -0.4 is 5.32 Å². The summed E-state index contributed by atoms with van der Waals surface area (Å²) in [5.74, 6) is -0.185. The number of anilines is 1. The monoisotopic (exact) mass is 245 g/mol. The molecule has 18 heavy (non-hydrogen) atoms. The van der Waals surface area contributed by atoms with Gasteiger partial charge in [0.1, 0.15) is 0 Å². The highest BCUT2D eigenvalue weighted by molar-refractivity contribution is 6.02. The Labute approximate surface area is 105 Å². The molecule has 0 fully saturated rings. The molecule has 1 amide bonds. The molecule has 6 nitrogen and oxygen atoms in total. The van der Waals surface area contributed by atoms with Gasteiger partial charge in [0.05, 0.1) is 23.8 Å². The maximum atomic E-state index is 11.7. The van der Waals surface area contributed by atoms with E-state index < -0.39 is 0 Å². The lowest BCUT2D eigenvalue weighted by Crippen LogP contribution is -2.08. The molecule has 0 aromatic carbocycles. The largest absolute Gasteiger partial charge is 0.320 e. The minimum absolute atomic E-state index is 0.185. The summed E-state index contributed by atoms with van der Waals surface area (Å²) < 4.78 is 3.39. The van der Waals surface area contributed by atoms with Gasteiger partial charge in [0.2, 0.25) is 5.91 Å². The fourth-order valence-electron chi connectivity index (χ4n) is 1.49. The molecule has 0 bridgehead atoms. The van der Waals surface area contributed by atoms with Crippen molar-refractivity contribution < 1.29 is 4.79 Å². The second-order valence-corrected chi connectivity index (χ2v) is 4.04. The first-order chi connectivity index (χ1) is 8.56. The summed E-state index contributed by atoms with van der Waals surface area (Å²) in [6.45, 7) is 1.90. The molecule has 2 aromatic heterocycles. The zero-order valence-electron chi connectivity index (χ0n) is 10.6. The number of carbonyl (C=O) groups excluding carboxylic acids is 1. The number of rotatable bonds is 3. The van der Waals surface area contributed by atoms with Gasteiger partial charge in [-0.25, -0.2) is 0 Å². The van der Waals surface area contributed by atoms with E-state index in [1.54, 1.807) is 27.8 Å². The van der Waals surface area contributed by atoms with Gasteiger partial charge in [-0.15, -0.1) is 0 Å². The molecular weight excluding hydrogens is 230 g/mol. The number of nitrogens with zero attached hydrogens (tertiary/aromatic N) is 4. The van der Waals surface area contributed by atoms with Gasteiger partial charge in [0.15, 0.2) is 0 Å². The highest BCUT2D eigenvalue weighted by Gasteiger charge is 2.05. The van der Waals surface area contributed by atoms with Crippen LogP contribution in [0.25, 0.3) is 6.08 Å². The summed E-state index contributed by atoms with van der Waals surface area (Å²) >= 11 is 0. The van der Waals surface area contributed by atoms with Crippen molar-refractivity contribution in [3.63, 3.8) is 0 Å². The molecule has 0 spiro atoms. The van der Waals surface area contributed by atoms with E-state index in [-0.39, 0.29) is 5.91 Å². The summed E-state index contributed by atoms with van der Waals surface area (Å²) in [4.78, 5) is 11.7. The van der Waals surface area contributed by atoms with Crippen molar-refractivity contribution >= 4 is 17.7 Å². The predicted molar refractivity (Wildman–Crippen MR) is 68.8 cm³/mol. The van der Waals surface area contributed by atoms with Gasteiger partial charge in [-0.1, -0.05) is 0 Å². The molecule has 6 heteroatoms. The predicted octanol–water partition coefficient (Wildman–Crippen LogP) is 1.11. The molecule has 2 aromatic rings. The Hall–Kier alpha value is -2.37. The Kier molecular flexibility index (Phi) is 3.27. The van der Waals surface area contributed by atoms with Crippen LogP contribution in [0.1, 0.15) is 11.3 Å². The minimum Gasteiger partial charge on any atom is -0.320 e. The number of hydrogen-bond donors (Lipinski definition) is 1. The molecule has 94 valence electrons. The Morgan fingerprint density at radius 1 is 1.33 bits per heavy atom. The summed E-state index contributed by atoms with van der Waals surface area (Å²) in [5, 5.41) is 10.8. The van der Waals surface area contributed by atoms with Gasteiger partial charge < -0.3 is 5.32 Å². The third-order valence-electron chi connectivity index (χ3n) is 2.65. The van der Waals surface area contributed by atoms with Crippen molar-refractivity contribution in [3.05, 3.63) is 35.9 Å². The van der Waals surface area contributed by atoms with Crippen LogP contribution in [0.15, 0.2) is 24.7 Å². The average Bonchev–Trinajstić information content (AvgIpc) is 2.88. The van der Waals surface area contributed by atoms with E-state index in [1.165, 1.54) is 6.08 Å². The van der Waals surface area contributed by atoms with Gasteiger partial charge in [-0.05, 0) is 13.0 Å². The molecule has 2 rings (SSSR count). The number of aryl methyl sites for hydroxylation is 2. The lowest BCUT2D eigenvalue weighted by Gasteiger charge is -2.00. The Balaban J connectivity index is 2.01. The Morgan fingerprint density at radius 3 is 2.67 bits per heavy atom. The Bertz CT molecular complexity index is 593. The van der Waals surface area contributed by atoms with E-state index in [1.807, 2.05) is 27.2 Å². The van der Waals surface area contributed by atoms with E-state index in [0.717, 1.165) is 16.9 Å². The molecule has 2 heterocycles. The molecule has 0 unspecified atom stereocenters. The standard InChI is InChI=1S/C12H15N5O/c1-9-11(7-14-17(9)3)15-12(18)5-4-10-6-13-16(2)8-10/h4-8H,1-3H3,(H,15,18)/b5-4+. The zero-order chi connectivity index (χ0) is 13.1. The first-order valence-corrected chi connectivity index (χ1v) is 5.52. The number of amides is 1. The molecule has 0 aliphatic heterocycles. The topological polar surface area (TPSA) is 64.7 Å².